The minimum absolute atomic E-state index is 0.0432. The first-order valence-corrected chi connectivity index (χ1v) is 8.16. The second-order valence-corrected chi connectivity index (χ2v) is 5.85. The second-order valence-electron chi connectivity index (χ2n) is 5.85. The van der Waals surface area contributed by atoms with E-state index in [0.717, 1.165) is 38.6 Å². The van der Waals surface area contributed by atoms with Gasteiger partial charge in [-0.25, -0.2) is 0 Å². The van der Waals surface area contributed by atoms with E-state index in [9.17, 15) is 0 Å². The molecule has 0 bridgehead atoms. The van der Waals surface area contributed by atoms with Gasteiger partial charge < -0.3 is 26.3 Å². The number of nitrogens with zero attached hydrogens (tertiary/aromatic N) is 2. The molecule has 0 spiro atoms. The van der Waals surface area contributed by atoms with Gasteiger partial charge in [-0.2, -0.15) is 4.99 Å². The molecule has 6 N–H and O–H groups in total. The molecule has 2 aliphatic heterocycles. The molecule has 0 aromatic carbocycles. The zero-order valence-electron chi connectivity index (χ0n) is 13.8. The van der Waals surface area contributed by atoms with Crippen LogP contribution >= 0.6 is 0 Å². The van der Waals surface area contributed by atoms with Gasteiger partial charge in [-0.05, 0) is 44.7 Å². The molecule has 0 amide bonds. The number of rotatable bonds is 7. The molecule has 2 rings (SSSR count). The van der Waals surface area contributed by atoms with Crippen molar-refractivity contribution in [3.63, 3.8) is 0 Å². The lowest BCUT2D eigenvalue weighted by Gasteiger charge is -2.22. The van der Waals surface area contributed by atoms with Crippen LogP contribution in [0, 0.1) is 11.3 Å². The highest BCUT2D eigenvalue weighted by Crippen LogP contribution is 2.18. The van der Waals surface area contributed by atoms with Crippen molar-refractivity contribution in [1.29, 1.82) is 5.41 Å². The SMILES string of the molecule is COC1=NC(=C(N)N)C(=N)N1CCCNCCC1CCOCC1. The number of nitrogens with one attached hydrogen (secondary N) is 2. The number of amidine groups is 2. The van der Waals surface area contributed by atoms with Crippen LogP contribution in [0.4, 0.5) is 0 Å². The average molecular weight is 324 g/mol. The van der Waals surface area contributed by atoms with Crippen molar-refractivity contribution < 1.29 is 9.47 Å². The number of hydrogen-bond donors (Lipinski definition) is 4. The zero-order chi connectivity index (χ0) is 16.7. The number of methoxy groups -OCH3 is 1. The number of ether oxygens (including phenoxy) is 2. The lowest BCUT2D eigenvalue weighted by molar-refractivity contribution is 0.0640. The highest BCUT2D eigenvalue weighted by Gasteiger charge is 2.29. The summed E-state index contributed by atoms with van der Waals surface area (Å²) in [5.41, 5.74) is 11.4. The van der Waals surface area contributed by atoms with E-state index in [1.807, 2.05) is 0 Å². The molecule has 23 heavy (non-hydrogen) atoms. The van der Waals surface area contributed by atoms with Crippen molar-refractivity contribution >= 4 is 11.9 Å². The summed E-state index contributed by atoms with van der Waals surface area (Å²) in [4.78, 5) is 5.83. The molecule has 130 valence electrons. The number of aliphatic imine (C=N–C) groups is 1. The minimum atomic E-state index is 0.0432. The Kier molecular flexibility index (Phi) is 6.66. The average Bonchev–Trinajstić information content (AvgIpc) is 2.88. The van der Waals surface area contributed by atoms with Crippen LogP contribution < -0.4 is 16.8 Å². The van der Waals surface area contributed by atoms with Crippen LogP contribution in [0.5, 0.6) is 0 Å². The van der Waals surface area contributed by atoms with Crippen molar-refractivity contribution in [2.75, 3.05) is 40.0 Å². The van der Waals surface area contributed by atoms with Crippen LogP contribution in [-0.4, -0.2) is 56.7 Å². The number of nitrogens with two attached hydrogens (primary N) is 2. The smallest absolute Gasteiger partial charge is 0.298 e. The van der Waals surface area contributed by atoms with Gasteiger partial charge in [-0.3, -0.25) is 10.3 Å². The fourth-order valence-corrected chi connectivity index (χ4v) is 2.83. The van der Waals surface area contributed by atoms with E-state index in [0.29, 0.717) is 12.6 Å². The molecule has 0 radical (unpaired) electrons. The Bertz CT molecular complexity index is 467. The third kappa shape index (κ3) is 4.84. The molecule has 8 nitrogen and oxygen atoms in total. The fourth-order valence-electron chi connectivity index (χ4n) is 2.83. The van der Waals surface area contributed by atoms with Crippen molar-refractivity contribution in [3.8, 4) is 0 Å². The molecule has 1 saturated heterocycles. The van der Waals surface area contributed by atoms with Crippen molar-refractivity contribution in [1.82, 2.24) is 10.2 Å². The summed E-state index contributed by atoms with van der Waals surface area (Å²) in [5, 5.41) is 11.5. The van der Waals surface area contributed by atoms with Crippen LogP contribution in [0.25, 0.3) is 0 Å². The largest absolute Gasteiger partial charge is 0.468 e. The van der Waals surface area contributed by atoms with E-state index in [2.05, 4.69) is 10.3 Å². The Hall–Kier alpha value is -1.80. The summed E-state index contributed by atoms with van der Waals surface area (Å²) in [7, 11) is 1.53. The van der Waals surface area contributed by atoms with Gasteiger partial charge in [-0.1, -0.05) is 0 Å². The summed E-state index contributed by atoms with van der Waals surface area (Å²) >= 11 is 0. The van der Waals surface area contributed by atoms with Crippen molar-refractivity contribution in [2.45, 2.75) is 25.7 Å². The van der Waals surface area contributed by atoms with Gasteiger partial charge in [0.15, 0.2) is 11.5 Å². The first-order chi connectivity index (χ1) is 11.1. The van der Waals surface area contributed by atoms with Crippen LogP contribution in [0.3, 0.4) is 0 Å². The van der Waals surface area contributed by atoms with Gasteiger partial charge >= 0.3 is 0 Å². The quantitative estimate of drug-likeness (QED) is 0.495. The highest BCUT2D eigenvalue weighted by molar-refractivity contribution is 6.11. The first kappa shape index (κ1) is 17.6. The van der Waals surface area contributed by atoms with E-state index in [-0.39, 0.29) is 17.4 Å². The Labute approximate surface area is 137 Å². The molecule has 8 heteroatoms. The summed E-state index contributed by atoms with van der Waals surface area (Å²) in [6, 6.07) is 0.376. The maximum Gasteiger partial charge on any atom is 0.298 e. The summed E-state index contributed by atoms with van der Waals surface area (Å²) in [6.07, 6.45) is 4.44. The topological polar surface area (TPSA) is 122 Å². The molecule has 0 atom stereocenters. The molecule has 0 aliphatic carbocycles. The van der Waals surface area contributed by atoms with E-state index in [1.165, 1.54) is 26.4 Å². The molecular weight excluding hydrogens is 296 g/mol. The fraction of sp³-hybridized carbons (Fsp3) is 0.733. The third-order valence-electron chi connectivity index (χ3n) is 4.19. The van der Waals surface area contributed by atoms with Crippen LogP contribution in [-0.2, 0) is 9.47 Å². The monoisotopic (exact) mass is 324 g/mol. The number of hydrogen-bond acceptors (Lipinski definition) is 7. The Morgan fingerprint density at radius 3 is 2.78 bits per heavy atom. The Balaban J connectivity index is 1.65. The Morgan fingerprint density at radius 1 is 1.39 bits per heavy atom. The van der Waals surface area contributed by atoms with Crippen LogP contribution in [0.1, 0.15) is 25.7 Å². The predicted octanol–water partition coefficient (Wildman–Crippen LogP) is 0.165. The third-order valence-corrected chi connectivity index (χ3v) is 4.19. The molecule has 2 aliphatic rings. The Morgan fingerprint density at radius 2 is 2.13 bits per heavy atom. The van der Waals surface area contributed by atoms with Gasteiger partial charge in [0.2, 0.25) is 0 Å². The van der Waals surface area contributed by atoms with Crippen LogP contribution in [0.2, 0.25) is 0 Å². The van der Waals surface area contributed by atoms with Crippen LogP contribution in [0.15, 0.2) is 16.5 Å². The lowest BCUT2D eigenvalue weighted by Crippen LogP contribution is -2.35. The summed E-state index contributed by atoms with van der Waals surface area (Å²) in [6.45, 7) is 4.37. The molecule has 2 heterocycles. The molecule has 0 saturated carbocycles. The maximum atomic E-state index is 8.06. The maximum absolute atomic E-state index is 8.06. The van der Waals surface area contributed by atoms with Crippen molar-refractivity contribution in [3.05, 3.63) is 11.5 Å². The molecular formula is C15H28N6O2. The van der Waals surface area contributed by atoms with Gasteiger partial charge in [-0.15, -0.1) is 0 Å². The normalized spacial score (nSPS) is 19.2. The van der Waals surface area contributed by atoms with E-state index in [4.69, 9.17) is 26.4 Å². The summed E-state index contributed by atoms with van der Waals surface area (Å²) < 4.78 is 10.6. The molecule has 0 unspecified atom stereocenters. The predicted molar refractivity (Wildman–Crippen MR) is 89.9 cm³/mol. The van der Waals surface area contributed by atoms with Gasteiger partial charge in [0.05, 0.1) is 7.11 Å². The summed E-state index contributed by atoms with van der Waals surface area (Å²) in [5.74, 6) is 1.03. The van der Waals surface area contributed by atoms with Gasteiger partial charge in [0.1, 0.15) is 5.82 Å². The van der Waals surface area contributed by atoms with E-state index >= 15 is 0 Å². The zero-order valence-corrected chi connectivity index (χ0v) is 13.8. The first-order valence-electron chi connectivity index (χ1n) is 8.16. The van der Waals surface area contributed by atoms with Gasteiger partial charge in [0.25, 0.3) is 6.02 Å². The molecule has 1 fully saturated rings. The second kappa shape index (κ2) is 8.73. The van der Waals surface area contributed by atoms with E-state index in [1.54, 1.807) is 4.90 Å². The molecule has 0 aromatic rings. The standard InChI is InChI=1S/C15H28N6O2/c1-22-15-20-12(13(16)17)14(18)21(15)8-2-6-19-7-3-11-4-9-23-10-5-11/h11,18-19H,2-10,16-17H2,1H3. The lowest BCUT2D eigenvalue weighted by atomic mass is 9.97. The highest BCUT2D eigenvalue weighted by atomic mass is 16.5. The molecule has 0 aromatic heterocycles. The van der Waals surface area contributed by atoms with Gasteiger partial charge in [0, 0.05) is 19.8 Å². The minimum Gasteiger partial charge on any atom is -0.468 e. The van der Waals surface area contributed by atoms with Crippen molar-refractivity contribution in [2.24, 2.45) is 22.4 Å². The van der Waals surface area contributed by atoms with E-state index < -0.39 is 0 Å².